The fraction of sp³-hybridized carbons (Fsp3) is 0.217. The number of Topliss-reactive ketones (excluding diaryl/α,β-unsaturated/α-hetero) is 2. The Kier molecular flexibility index (Phi) is 17.6. The molecule has 0 aliphatic carbocycles. The van der Waals surface area contributed by atoms with E-state index in [1.807, 2.05) is 0 Å². The van der Waals surface area contributed by atoms with Gasteiger partial charge in [0.15, 0.2) is 11.6 Å². The lowest BCUT2D eigenvalue weighted by molar-refractivity contribution is -0.138. The Labute approximate surface area is 414 Å². The minimum absolute atomic E-state index is 0.0241. The van der Waals surface area contributed by atoms with E-state index in [0.29, 0.717) is 23.3 Å². The maximum atomic E-state index is 13.6. The summed E-state index contributed by atoms with van der Waals surface area (Å²) in [5.74, 6) is -4.94. The molecule has 0 aliphatic heterocycles. The summed E-state index contributed by atoms with van der Waals surface area (Å²) in [6.07, 6.45) is -8.77. The monoisotopic (exact) mass is 1050 g/mol. The average Bonchev–Trinajstić information content (AvgIpc) is 3.28. The molecule has 0 saturated heterocycles. The number of aryl methyl sites for hydroxylation is 2. The highest BCUT2D eigenvalue weighted by molar-refractivity contribution is 6.37. The van der Waals surface area contributed by atoms with E-state index in [2.05, 4.69) is 41.7 Å². The standard InChI is InChI=1S/C46H36Cl4F6N8O6/c1-5-23-15-38(60-44(70)40(22(4)66)64-62-28-10-12-32(48)30(20-28)42(68)58-36-14-8-26(18-34(36)50)46(54,55)56)24(6-2)16-37(23)59-43(69)39(21(3)65)63-61-27-9-11-31(47)29(19-27)41(67)57-35-13-7-25(17-33(35)49)45(51,52)53/h7-20,39-40H,5-6H2,1-4H3,(H,57,67)(H,58,68)(H,59,69)(H,60,70). The zero-order chi connectivity index (χ0) is 51.8. The van der Waals surface area contributed by atoms with Gasteiger partial charge in [-0.25, -0.2) is 0 Å². The van der Waals surface area contributed by atoms with E-state index in [1.54, 1.807) is 26.0 Å². The van der Waals surface area contributed by atoms with Gasteiger partial charge in [0, 0.05) is 11.4 Å². The number of benzene rings is 5. The van der Waals surface area contributed by atoms with Crippen LogP contribution in [0, 0.1) is 0 Å². The third-order valence-corrected chi connectivity index (χ3v) is 11.2. The summed E-state index contributed by atoms with van der Waals surface area (Å²) in [5, 5.41) is 24.9. The minimum Gasteiger partial charge on any atom is -0.323 e. The molecule has 0 radical (unpaired) electrons. The number of nitrogens with zero attached hydrogens (tertiary/aromatic N) is 4. The van der Waals surface area contributed by atoms with Gasteiger partial charge >= 0.3 is 12.4 Å². The molecule has 0 heterocycles. The van der Waals surface area contributed by atoms with Gasteiger partial charge in [0.2, 0.25) is 12.1 Å². The van der Waals surface area contributed by atoms with Crippen molar-refractivity contribution in [2.75, 3.05) is 21.3 Å². The summed E-state index contributed by atoms with van der Waals surface area (Å²) >= 11 is 24.4. The number of azo groups is 2. The van der Waals surface area contributed by atoms with Gasteiger partial charge in [0.05, 0.1) is 65.1 Å². The van der Waals surface area contributed by atoms with Gasteiger partial charge in [-0.2, -0.15) is 46.8 Å². The van der Waals surface area contributed by atoms with Crippen LogP contribution in [0.3, 0.4) is 0 Å². The normalized spacial score (nSPS) is 12.7. The van der Waals surface area contributed by atoms with Crippen LogP contribution >= 0.6 is 46.4 Å². The van der Waals surface area contributed by atoms with E-state index < -0.39 is 70.8 Å². The van der Waals surface area contributed by atoms with Crippen LogP contribution in [-0.2, 0) is 44.4 Å². The number of amides is 4. The highest BCUT2D eigenvalue weighted by Gasteiger charge is 2.33. The van der Waals surface area contributed by atoms with Gasteiger partial charge in [-0.3, -0.25) is 28.8 Å². The topological polar surface area (TPSA) is 200 Å². The number of hydrogen-bond donors (Lipinski definition) is 4. The van der Waals surface area contributed by atoms with E-state index >= 15 is 0 Å². The Bertz CT molecular complexity index is 2770. The highest BCUT2D eigenvalue weighted by atomic mass is 35.5. The molecule has 24 heteroatoms. The molecule has 0 saturated carbocycles. The second-order valence-electron chi connectivity index (χ2n) is 14.9. The first-order valence-corrected chi connectivity index (χ1v) is 21.9. The fourth-order valence-corrected chi connectivity index (χ4v) is 7.12. The molecule has 0 aromatic heterocycles. The fourth-order valence-electron chi connectivity index (χ4n) is 6.26. The highest BCUT2D eigenvalue weighted by Crippen LogP contribution is 2.36. The van der Waals surface area contributed by atoms with Gasteiger partial charge in [-0.05, 0) is 123 Å². The van der Waals surface area contributed by atoms with Gasteiger partial charge < -0.3 is 21.3 Å². The zero-order valence-corrected chi connectivity index (χ0v) is 39.7. The number of anilines is 4. The van der Waals surface area contributed by atoms with Crippen LogP contribution in [-0.4, -0.2) is 47.3 Å². The second kappa shape index (κ2) is 22.8. The summed E-state index contributed by atoms with van der Waals surface area (Å²) in [6, 6.07) is 12.0. The largest absolute Gasteiger partial charge is 0.416 e. The number of carbonyl (C=O) groups excluding carboxylic acids is 6. The van der Waals surface area contributed by atoms with E-state index in [1.165, 1.54) is 36.4 Å². The number of carbonyl (C=O) groups is 6. The smallest absolute Gasteiger partial charge is 0.323 e. The summed E-state index contributed by atoms with van der Waals surface area (Å²) < 4.78 is 78.5. The molecule has 14 nitrogen and oxygen atoms in total. The predicted molar refractivity (Wildman–Crippen MR) is 252 cm³/mol. The van der Waals surface area contributed by atoms with Crippen molar-refractivity contribution >= 4 is 116 Å². The molecular formula is C46H36Cl4F6N8O6. The van der Waals surface area contributed by atoms with Crippen molar-refractivity contribution in [3.63, 3.8) is 0 Å². The van der Waals surface area contributed by atoms with Gasteiger partial charge in [0.1, 0.15) is 0 Å². The molecule has 0 aliphatic rings. The number of rotatable bonds is 16. The Morgan fingerprint density at radius 1 is 0.486 bits per heavy atom. The number of nitrogens with one attached hydrogen (secondary N) is 4. The second-order valence-corrected chi connectivity index (χ2v) is 16.6. The molecule has 366 valence electrons. The minimum atomic E-state index is -4.67. The first-order chi connectivity index (χ1) is 32.8. The van der Waals surface area contributed by atoms with Crippen molar-refractivity contribution in [1.29, 1.82) is 0 Å². The van der Waals surface area contributed by atoms with E-state index in [0.717, 1.165) is 38.1 Å². The molecular weight excluding hydrogens is 1020 g/mol. The quantitative estimate of drug-likeness (QED) is 0.0430. The van der Waals surface area contributed by atoms with Gasteiger partial charge in [-0.1, -0.05) is 60.3 Å². The SMILES string of the molecule is CCc1cc(NC(=O)C(N=Nc2ccc(Cl)c(C(=O)Nc3ccc(C(F)(F)F)cc3Cl)c2)C(C)=O)c(CC)cc1NC(=O)C(N=Nc1ccc(Cl)c(C(=O)Nc2ccc(C(F)(F)F)cc2Cl)c1)C(C)=O. The number of halogens is 10. The lowest BCUT2D eigenvalue weighted by atomic mass is 10.0. The molecule has 0 bridgehead atoms. The van der Waals surface area contributed by atoms with Crippen LogP contribution in [0.2, 0.25) is 20.1 Å². The zero-order valence-electron chi connectivity index (χ0n) is 36.7. The summed E-state index contributed by atoms with van der Waals surface area (Å²) in [7, 11) is 0. The molecule has 4 amide bonds. The van der Waals surface area contributed by atoms with Crippen LogP contribution in [0.25, 0.3) is 0 Å². The lowest BCUT2D eigenvalue weighted by Crippen LogP contribution is -2.33. The van der Waals surface area contributed by atoms with Crippen molar-refractivity contribution < 1.29 is 55.1 Å². The summed E-state index contributed by atoms with van der Waals surface area (Å²) in [6.45, 7) is 5.69. The van der Waals surface area contributed by atoms with Crippen molar-refractivity contribution in [2.24, 2.45) is 20.5 Å². The van der Waals surface area contributed by atoms with Crippen molar-refractivity contribution in [3.8, 4) is 0 Å². The Morgan fingerprint density at radius 2 is 0.843 bits per heavy atom. The molecule has 5 aromatic carbocycles. The van der Waals surface area contributed by atoms with Crippen LogP contribution in [0.5, 0.6) is 0 Å². The van der Waals surface area contributed by atoms with E-state index in [-0.39, 0.29) is 78.2 Å². The molecule has 5 aromatic rings. The maximum Gasteiger partial charge on any atom is 0.416 e. The van der Waals surface area contributed by atoms with Crippen molar-refractivity contribution in [2.45, 2.75) is 65.0 Å². The van der Waals surface area contributed by atoms with Gasteiger partial charge in [0.25, 0.3) is 23.6 Å². The predicted octanol–water partition coefficient (Wildman–Crippen LogP) is 13.3. The summed E-state index contributed by atoms with van der Waals surface area (Å²) in [5.41, 5.74) is -1.29. The van der Waals surface area contributed by atoms with Crippen molar-refractivity contribution in [3.05, 3.63) is 138 Å². The lowest BCUT2D eigenvalue weighted by Gasteiger charge is -2.18. The third-order valence-electron chi connectivity index (χ3n) is 9.93. The molecule has 70 heavy (non-hydrogen) atoms. The molecule has 0 spiro atoms. The molecule has 2 unspecified atom stereocenters. The summed E-state index contributed by atoms with van der Waals surface area (Å²) in [4.78, 5) is 78.7. The molecule has 4 N–H and O–H groups in total. The maximum absolute atomic E-state index is 13.6. The van der Waals surface area contributed by atoms with Crippen LogP contribution in [0.15, 0.2) is 105 Å². The Hall–Kier alpha value is -6.74. The number of hydrogen-bond acceptors (Lipinski definition) is 10. The van der Waals surface area contributed by atoms with Crippen LogP contribution in [0.1, 0.15) is 70.7 Å². The molecule has 2 atom stereocenters. The van der Waals surface area contributed by atoms with Gasteiger partial charge in [-0.15, -0.1) is 0 Å². The van der Waals surface area contributed by atoms with Crippen LogP contribution in [0.4, 0.5) is 60.5 Å². The first-order valence-electron chi connectivity index (χ1n) is 20.4. The molecule has 0 fully saturated rings. The molecule has 5 rings (SSSR count). The number of alkyl halides is 6. The number of ketones is 2. The Morgan fingerprint density at radius 3 is 1.14 bits per heavy atom. The van der Waals surface area contributed by atoms with Crippen molar-refractivity contribution in [1.82, 2.24) is 0 Å². The van der Waals surface area contributed by atoms with E-state index in [9.17, 15) is 55.1 Å². The average molecular weight is 1050 g/mol. The van der Waals surface area contributed by atoms with Crippen LogP contribution < -0.4 is 21.3 Å². The first kappa shape index (κ1) is 54.2. The van der Waals surface area contributed by atoms with E-state index in [4.69, 9.17) is 46.4 Å². The Balaban J connectivity index is 1.30. The third kappa shape index (κ3) is 13.7.